The van der Waals surface area contributed by atoms with Crippen LogP contribution in [0.5, 0.6) is 0 Å². The lowest BCUT2D eigenvalue weighted by molar-refractivity contribution is 0.512. The molecule has 0 spiro atoms. The topological polar surface area (TPSA) is 70.0 Å². The maximum atomic E-state index is 12.1. The number of unbranched alkanes of at least 4 members (excludes halogenated alkanes) is 1. The fraction of sp³-hybridized carbons (Fsp3) is 0.533. The van der Waals surface area contributed by atoms with Crippen molar-refractivity contribution in [2.75, 3.05) is 5.75 Å². The summed E-state index contributed by atoms with van der Waals surface area (Å²) in [6, 6.07) is 9.06. The summed E-state index contributed by atoms with van der Waals surface area (Å²) >= 11 is 5.89. The number of hydrogen-bond acceptors (Lipinski definition) is 3. The molecule has 0 aromatic heterocycles. The molecule has 1 saturated carbocycles. The second-order valence-electron chi connectivity index (χ2n) is 5.60. The van der Waals surface area contributed by atoms with E-state index in [1.807, 2.05) is 18.2 Å². The Hall–Kier alpha value is -1.09. The molecule has 4 nitrogen and oxygen atoms in total. The smallest absolute Gasteiger partial charge is 0.212 e. The molecular weight excluding hydrogens is 308 g/mol. The Balaban J connectivity index is 2.11. The van der Waals surface area contributed by atoms with Gasteiger partial charge in [-0.15, -0.1) is 0 Å². The van der Waals surface area contributed by atoms with Crippen molar-refractivity contribution in [2.24, 2.45) is 11.8 Å². The average molecular weight is 327 g/mol. The molecule has 1 aliphatic rings. The van der Waals surface area contributed by atoms with Crippen LogP contribution in [0.2, 0.25) is 5.02 Å². The predicted molar refractivity (Wildman–Crippen MR) is 83.2 cm³/mol. The highest BCUT2D eigenvalue weighted by Crippen LogP contribution is 2.47. The third-order valence-electron chi connectivity index (χ3n) is 3.84. The molecular formula is C15H19ClN2O2S. The van der Waals surface area contributed by atoms with Crippen molar-refractivity contribution in [3.05, 3.63) is 34.9 Å². The van der Waals surface area contributed by atoms with Gasteiger partial charge < -0.3 is 0 Å². The monoisotopic (exact) mass is 326 g/mol. The van der Waals surface area contributed by atoms with Crippen LogP contribution in [0, 0.1) is 23.2 Å². The van der Waals surface area contributed by atoms with Gasteiger partial charge in [-0.1, -0.05) is 30.7 Å². The first-order chi connectivity index (χ1) is 9.93. The first-order valence-corrected chi connectivity index (χ1v) is 9.08. The Bertz CT molecular complexity index is 622. The summed E-state index contributed by atoms with van der Waals surface area (Å²) < 4.78 is 27.1. The normalized spacial score (nSPS) is 22.5. The van der Waals surface area contributed by atoms with Crippen molar-refractivity contribution in [3.8, 4) is 6.07 Å². The summed E-state index contributed by atoms with van der Waals surface area (Å²) in [5, 5.41) is 9.14. The van der Waals surface area contributed by atoms with Gasteiger partial charge in [0.05, 0.1) is 11.8 Å². The van der Waals surface area contributed by atoms with Crippen LogP contribution >= 0.6 is 11.6 Å². The molecule has 0 radical (unpaired) electrons. The molecule has 1 aromatic rings. The molecule has 2 rings (SSSR count). The zero-order chi connectivity index (χ0) is 15.5. The number of halogens is 1. The number of nitriles is 1. The Morgan fingerprint density at radius 2 is 2.05 bits per heavy atom. The lowest BCUT2D eigenvalue weighted by Gasteiger charge is -2.19. The Kier molecular flexibility index (Phi) is 5.26. The second kappa shape index (κ2) is 6.78. The maximum Gasteiger partial charge on any atom is 0.212 e. The highest BCUT2D eigenvalue weighted by Gasteiger charge is 2.41. The lowest BCUT2D eigenvalue weighted by atomic mass is 10.0. The van der Waals surface area contributed by atoms with Crippen LogP contribution in [0.4, 0.5) is 0 Å². The van der Waals surface area contributed by atoms with Gasteiger partial charge in [0.1, 0.15) is 0 Å². The Labute approximate surface area is 131 Å². The van der Waals surface area contributed by atoms with Gasteiger partial charge in [0, 0.05) is 17.5 Å². The van der Waals surface area contributed by atoms with E-state index in [1.165, 1.54) is 0 Å². The molecule has 3 atom stereocenters. The summed E-state index contributed by atoms with van der Waals surface area (Å²) in [4.78, 5) is 0. The minimum absolute atomic E-state index is 0.00818. The third-order valence-corrected chi connectivity index (χ3v) is 5.53. The van der Waals surface area contributed by atoms with E-state index in [9.17, 15) is 8.42 Å². The van der Waals surface area contributed by atoms with Crippen LogP contribution in [0.3, 0.4) is 0 Å². The first kappa shape index (κ1) is 16.3. The molecule has 21 heavy (non-hydrogen) atoms. The molecule has 1 aliphatic carbocycles. The quantitative estimate of drug-likeness (QED) is 0.782. The molecule has 0 saturated heterocycles. The highest BCUT2D eigenvalue weighted by molar-refractivity contribution is 7.89. The molecule has 1 aromatic carbocycles. The maximum absolute atomic E-state index is 12.1. The summed E-state index contributed by atoms with van der Waals surface area (Å²) in [6.07, 6.45) is 1.64. The molecule has 0 unspecified atom stereocenters. The second-order valence-corrected chi connectivity index (χ2v) is 7.91. The Morgan fingerprint density at radius 1 is 1.43 bits per heavy atom. The van der Waals surface area contributed by atoms with Gasteiger partial charge in [0.15, 0.2) is 0 Å². The van der Waals surface area contributed by atoms with Crippen molar-refractivity contribution in [1.29, 1.82) is 5.26 Å². The van der Waals surface area contributed by atoms with Gasteiger partial charge in [0.2, 0.25) is 10.0 Å². The molecule has 0 bridgehead atoms. The molecule has 114 valence electrons. The van der Waals surface area contributed by atoms with Gasteiger partial charge in [-0.05, 0) is 42.4 Å². The molecule has 6 heteroatoms. The number of rotatable bonds is 7. The summed E-state index contributed by atoms with van der Waals surface area (Å²) in [5.74, 6) is 0.843. The minimum atomic E-state index is -3.37. The van der Waals surface area contributed by atoms with Crippen LogP contribution in [-0.2, 0) is 10.0 Å². The van der Waals surface area contributed by atoms with Gasteiger partial charge >= 0.3 is 0 Å². The number of hydrogen-bond donors (Lipinski definition) is 1. The first-order valence-electron chi connectivity index (χ1n) is 7.05. The summed E-state index contributed by atoms with van der Waals surface area (Å²) in [7, 11) is -3.37. The van der Waals surface area contributed by atoms with E-state index in [4.69, 9.17) is 16.9 Å². The van der Waals surface area contributed by atoms with Crippen LogP contribution in [0.25, 0.3) is 0 Å². The van der Waals surface area contributed by atoms with Crippen molar-refractivity contribution in [1.82, 2.24) is 4.72 Å². The van der Waals surface area contributed by atoms with Crippen molar-refractivity contribution in [2.45, 2.75) is 32.2 Å². The van der Waals surface area contributed by atoms with Crippen LogP contribution < -0.4 is 4.72 Å². The van der Waals surface area contributed by atoms with E-state index in [0.717, 1.165) is 12.0 Å². The van der Waals surface area contributed by atoms with Crippen molar-refractivity contribution < 1.29 is 8.42 Å². The van der Waals surface area contributed by atoms with E-state index in [2.05, 4.69) is 11.6 Å². The van der Waals surface area contributed by atoms with Crippen LogP contribution in [0.15, 0.2) is 24.3 Å². The van der Waals surface area contributed by atoms with E-state index in [0.29, 0.717) is 23.3 Å². The number of benzene rings is 1. The van der Waals surface area contributed by atoms with Crippen molar-refractivity contribution >= 4 is 21.6 Å². The van der Waals surface area contributed by atoms with E-state index in [1.54, 1.807) is 12.1 Å². The standard InChI is InChI=1S/C15H19ClN2O2S/c1-11-10-14(11)15(12-4-6-13(16)7-5-12)18-21(19,20)9-3-2-8-17/h4-7,11,14-15,18H,2-3,9-10H2,1H3/t11-,14-,15+/m1/s1. The fourth-order valence-corrected chi connectivity index (χ4v) is 3.95. The molecule has 1 fully saturated rings. The third kappa shape index (κ3) is 4.70. The number of nitrogens with one attached hydrogen (secondary N) is 1. The van der Waals surface area contributed by atoms with Gasteiger partial charge in [-0.25, -0.2) is 13.1 Å². The number of nitrogens with zero attached hydrogens (tertiary/aromatic N) is 1. The summed E-state index contributed by atoms with van der Waals surface area (Å²) in [5.41, 5.74) is 0.942. The van der Waals surface area contributed by atoms with E-state index >= 15 is 0 Å². The number of sulfonamides is 1. The molecule has 0 heterocycles. The van der Waals surface area contributed by atoms with Gasteiger partial charge in [0.25, 0.3) is 0 Å². The predicted octanol–water partition coefficient (Wildman–Crippen LogP) is 3.26. The van der Waals surface area contributed by atoms with E-state index < -0.39 is 10.0 Å². The summed E-state index contributed by atoms with van der Waals surface area (Å²) in [6.45, 7) is 2.12. The Morgan fingerprint density at radius 3 is 2.57 bits per heavy atom. The van der Waals surface area contributed by atoms with Crippen LogP contribution in [-0.4, -0.2) is 14.2 Å². The average Bonchev–Trinajstić information content (AvgIpc) is 3.14. The lowest BCUT2D eigenvalue weighted by Crippen LogP contribution is -2.32. The zero-order valence-electron chi connectivity index (χ0n) is 11.9. The SMILES string of the molecule is C[C@@H]1C[C@H]1[C@@H](NS(=O)(=O)CCCC#N)c1ccc(Cl)cc1. The minimum Gasteiger partial charge on any atom is -0.212 e. The largest absolute Gasteiger partial charge is 0.212 e. The molecule has 0 aliphatic heterocycles. The van der Waals surface area contributed by atoms with E-state index in [-0.39, 0.29) is 18.2 Å². The molecule has 1 N–H and O–H groups in total. The molecule has 0 amide bonds. The fourth-order valence-electron chi connectivity index (χ4n) is 2.48. The van der Waals surface area contributed by atoms with Gasteiger partial charge in [-0.3, -0.25) is 0 Å². The van der Waals surface area contributed by atoms with Crippen molar-refractivity contribution in [3.63, 3.8) is 0 Å². The van der Waals surface area contributed by atoms with Crippen LogP contribution in [0.1, 0.15) is 37.8 Å². The highest BCUT2D eigenvalue weighted by atomic mass is 35.5. The zero-order valence-corrected chi connectivity index (χ0v) is 13.5. The van der Waals surface area contributed by atoms with Gasteiger partial charge in [-0.2, -0.15) is 5.26 Å².